The molecular weight excluding hydrogens is 248 g/mol. The molecule has 2 amide bonds. The molecule has 0 radical (unpaired) electrons. The molecule has 2 saturated heterocycles. The van der Waals surface area contributed by atoms with Gasteiger partial charge >= 0.3 is 12.0 Å². The van der Waals surface area contributed by atoms with Crippen LogP contribution in [-0.2, 0) is 4.79 Å². The van der Waals surface area contributed by atoms with Gasteiger partial charge < -0.3 is 20.0 Å². The standard InChI is InChI=1S/C13H22N2O4/c1-9-4-2-7-15(11(9)12(17)18)13(19)14-6-3-5-10(16)8-14/h9-11,16H,2-8H2,1H3,(H,17,18). The van der Waals surface area contributed by atoms with Gasteiger partial charge in [-0.05, 0) is 31.6 Å². The number of aliphatic hydroxyl groups excluding tert-OH is 1. The van der Waals surface area contributed by atoms with Crippen molar-refractivity contribution >= 4 is 12.0 Å². The van der Waals surface area contributed by atoms with Gasteiger partial charge in [0.15, 0.2) is 0 Å². The second-order valence-electron chi connectivity index (χ2n) is 5.62. The number of carboxylic acid groups (broad SMARTS) is 1. The molecule has 0 aromatic carbocycles. The summed E-state index contributed by atoms with van der Waals surface area (Å²) in [6.45, 7) is 3.29. The Hall–Kier alpha value is -1.30. The van der Waals surface area contributed by atoms with Gasteiger partial charge in [-0.2, -0.15) is 0 Å². The first-order valence-corrected chi connectivity index (χ1v) is 6.97. The molecule has 2 N–H and O–H groups in total. The molecule has 2 fully saturated rings. The van der Waals surface area contributed by atoms with Crippen LogP contribution >= 0.6 is 0 Å². The molecule has 6 nitrogen and oxygen atoms in total. The van der Waals surface area contributed by atoms with Crippen LogP contribution in [0.3, 0.4) is 0 Å². The van der Waals surface area contributed by atoms with Gasteiger partial charge in [-0.15, -0.1) is 0 Å². The maximum absolute atomic E-state index is 12.4. The van der Waals surface area contributed by atoms with Gasteiger partial charge in [0.25, 0.3) is 0 Å². The predicted molar refractivity (Wildman–Crippen MR) is 68.7 cm³/mol. The number of aliphatic hydroxyl groups is 1. The summed E-state index contributed by atoms with van der Waals surface area (Å²) in [5, 5.41) is 18.9. The molecule has 2 heterocycles. The minimum absolute atomic E-state index is 0.0232. The summed E-state index contributed by atoms with van der Waals surface area (Å²) in [5.41, 5.74) is 0. The minimum Gasteiger partial charge on any atom is -0.480 e. The van der Waals surface area contributed by atoms with Gasteiger partial charge in [0, 0.05) is 19.6 Å². The van der Waals surface area contributed by atoms with Crippen molar-refractivity contribution in [3.63, 3.8) is 0 Å². The Morgan fingerprint density at radius 3 is 2.47 bits per heavy atom. The van der Waals surface area contributed by atoms with Gasteiger partial charge in [0.1, 0.15) is 6.04 Å². The lowest BCUT2D eigenvalue weighted by Gasteiger charge is -2.41. The molecule has 3 atom stereocenters. The number of amides is 2. The van der Waals surface area contributed by atoms with E-state index in [-0.39, 0.29) is 11.9 Å². The maximum atomic E-state index is 12.4. The Labute approximate surface area is 113 Å². The van der Waals surface area contributed by atoms with Crippen molar-refractivity contribution in [2.45, 2.75) is 44.8 Å². The smallest absolute Gasteiger partial charge is 0.326 e. The Morgan fingerprint density at radius 1 is 1.16 bits per heavy atom. The van der Waals surface area contributed by atoms with Crippen LogP contribution in [0.4, 0.5) is 4.79 Å². The number of hydrogen-bond acceptors (Lipinski definition) is 3. The van der Waals surface area contributed by atoms with Gasteiger partial charge in [0.2, 0.25) is 0 Å². The summed E-state index contributed by atoms with van der Waals surface area (Å²) in [4.78, 5) is 26.9. The van der Waals surface area contributed by atoms with Crippen molar-refractivity contribution in [1.29, 1.82) is 0 Å². The maximum Gasteiger partial charge on any atom is 0.326 e. The molecule has 0 aliphatic carbocycles. The summed E-state index contributed by atoms with van der Waals surface area (Å²) in [7, 11) is 0. The van der Waals surface area contributed by atoms with Crippen LogP contribution in [0.1, 0.15) is 32.6 Å². The third-order valence-electron chi connectivity index (χ3n) is 4.10. The second kappa shape index (κ2) is 5.77. The van der Waals surface area contributed by atoms with E-state index in [1.54, 1.807) is 4.90 Å². The number of piperidine rings is 2. The van der Waals surface area contributed by atoms with Crippen molar-refractivity contribution in [3.05, 3.63) is 0 Å². The molecular formula is C13H22N2O4. The average molecular weight is 270 g/mol. The van der Waals surface area contributed by atoms with E-state index < -0.39 is 18.1 Å². The SMILES string of the molecule is CC1CCCN(C(=O)N2CCCC(O)C2)C1C(=O)O. The van der Waals surface area contributed by atoms with Crippen LogP contribution < -0.4 is 0 Å². The summed E-state index contributed by atoms with van der Waals surface area (Å²) < 4.78 is 0. The highest BCUT2D eigenvalue weighted by atomic mass is 16.4. The zero-order valence-corrected chi connectivity index (χ0v) is 11.3. The molecule has 2 rings (SSSR count). The third kappa shape index (κ3) is 3.00. The molecule has 0 saturated carbocycles. The van der Waals surface area contributed by atoms with E-state index in [2.05, 4.69) is 0 Å². The van der Waals surface area contributed by atoms with E-state index in [1.165, 1.54) is 4.90 Å². The summed E-state index contributed by atoms with van der Waals surface area (Å²) in [5.74, 6) is -0.956. The summed E-state index contributed by atoms with van der Waals surface area (Å²) in [6, 6.07) is -0.974. The number of carboxylic acids is 1. The zero-order valence-electron chi connectivity index (χ0n) is 11.3. The predicted octanol–water partition coefficient (Wildman–Crippen LogP) is 0.748. The molecule has 19 heavy (non-hydrogen) atoms. The van der Waals surface area contributed by atoms with Crippen LogP contribution in [-0.4, -0.2) is 63.8 Å². The van der Waals surface area contributed by atoms with E-state index in [9.17, 15) is 19.8 Å². The second-order valence-corrected chi connectivity index (χ2v) is 5.62. The molecule has 3 unspecified atom stereocenters. The fourth-order valence-corrected chi connectivity index (χ4v) is 3.09. The topological polar surface area (TPSA) is 81.1 Å². The first-order chi connectivity index (χ1) is 9.00. The fourth-order valence-electron chi connectivity index (χ4n) is 3.09. The summed E-state index contributed by atoms with van der Waals surface area (Å²) in [6.07, 6.45) is 2.68. The lowest BCUT2D eigenvalue weighted by molar-refractivity contribution is -0.145. The quantitative estimate of drug-likeness (QED) is 0.736. The number of rotatable bonds is 1. The van der Waals surface area contributed by atoms with Crippen molar-refractivity contribution < 1.29 is 19.8 Å². The van der Waals surface area contributed by atoms with Gasteiger partial charge in [-0.3, -0.25) is 0 Å². The molecule has 6 heteroatoms. The number of urea groups is 1. The number of nitrogens with zero attached hydrogens (tertiary/aromatic N) is 2. The number of likely N-dealkylation sites (tertiary alicyclic amines) is 2. The molecule has 108 valence electrons. The first kappa shape index (κ1) is 14.1. The van der Waals surface area contributed by atoms with Crippen LogP contribution in [0.25, 0.3) is 0 Å². The molecule has 0 aromatic heterocycles. The number of β-amino-alcohol motifs (C(OH)–C–C–N with tert-alkyl or cyclic N) is 1. The molecule has 0 aromatic rings. The largest absolute Gasteiger partial charge is 0.480 e. The molecule has 0 spiro atoms. The first-order valence-electron chi connectivity index (χ1n) is 6.97. The Bertz CT molecular complexity index is 361. The van der Waals surface area contributed by atoms with Gasteiger partial charge in [-0.25, -0.2) is 9.59 Å². The van der Waals surface area contributed by atoms with Crippen molar-refractivity contribution in [3.8, 4) is 0 Å². The summed E-state index contributed by atoms with van der Waals surface area (Å²) >= 11 is 0. The average Bonchev–Trinajstić information content (AvgIpc) is 2.37. The van der Waals surface area contributed by atoms with E-state index in [0.29, 0.717) is 26.1 Å². The Morgan fingerprint density at radius 2 is 1.84 bits per heavy atom. The number of aliphatic carboxylic acids is 1. The van der Waals surface area contributed by atoms with Crippen LogP contribution in [0.5, 0.6) is 0 Å². The van der Waals surface area contributed by atoms with E-state index in [4.69, 9.17) is 0 Å². The highest BCUT2D eigenvalue weighted by Gasteiger charge is 2.39. The molecule has 2 aliphatic rings. The molecule has 2 aliphatic heterocycles. The minimum atomic E-state index is -0.932. The van der Waals surface area contributed by atoms with Crippen molar-refractivity contribution in [2.24, 2.45) is 5.92 Å². The van der Waals surface area contributed by atoms with Crippen LogP contribution in [0, 0.1) is 5.92 Å². The Kier molecular flexibility index (Phi) is 4.29. The third-order valence-corrected chi connectivity index (χ3v) is 4.10. The van der Waals surface area contributed by atoms with E-state index in [0.717, 1.165) is 19.3 Å². The normalized spacial score (nSPS) is 32.2. The monoisotopic (exact) mass is 270 g/mol. The van der Waals surface area contributed by atoms with Crippen LogP contribution in [0.2, 0.25) is 0 Å². The van der Waals surface area contributed by atoms with Crippen molar-refractivity contribution in [1.82, 2.24) is 9.80 Å². The lowest BCUT2D eigenvalue weighted by Crippen LogP contribution is -2.57. The highest BCUT2D eigenvalue weighted by molar-refractivity contribution is 5.83. The van der Waals surface area contributed by atoms with Gasteiger partial charge in [-0.1, -0.05) is 6.92 Å². The number of carbonyl (C=O) groups excluding carboxylic acids is 1. The number of carbonyl (C=O) groups is 2. The van der Waals surface area contributed by atoms with Gasteiger partial charge in [0.05, 0.1) is 6.10 Å². The fraction of sp³-hybridized carbons (Fsp3) is 0.846. The van der Waals surface area contributed by atoms with Crippen LogP contribution in [0.15, 0.2) is 0 Å². The molecule has 0 bridgehead atoms. The van der Waals surface area contributed by atoms with Crippen molar-refractivity contribution in [2.75, 3.05) is 19.6 Å². The zero-order chi connectivity index (χ0) is 14.0. The van der Waals surface area contributed by atoms with E-state index >= 15 is 0 Å². The highest BCUT2D eigenvalue weighted by Crippen LogP contribution is 2.25. The van der Waals surface area contributed by atoms with E-state index in [1.807, 2.05) is 6.92 Å². The number of hydrogen-bond donors (Lipinski definition) is 2. The lowest BCUT2D eigenvalue weighted by atomic mass is 9.91. The Balaban J connectivity index is 2.09.